The number of amides is 1. The van der Waals surface area contributed by atoms with Crippen molar-refractivity contribution >= 4 is 56.7 Å². The van der Waals surface area contributed by atoms with Crippen molar-refractivity contribution < 1.29 is 4.79 Å². The minimum Gasteiger partial charge on any atom is -0.293 e. The number of hydrogen-bond donors (Lipinski definition) is 1. The van der Waals surface area contributed by atoms with E-state index in [1.165, 1.54) is 28.2 Å². The fraction of sp³-hybridized carbons (Fsp3) is 0.222. The molecule has 186 valence electrons. The molecule has 6 rings (SSSR count). The van der Waals surface area contributed by atoms with E-state index in [-0.39, 0.29) is 23.2 Å². The van der Waals surface area contributed by atoms with Crippen molar-refractivity contribution in [3.05, 3.63) is 81.5 Å². The fourth-order valence-corrected chi connectivity index (χ4v) is 7.40. The van der Waals surface area contributed by atoms with Gasteiger partial charge in [-0.3, -0.25) is 19.5 Å². The van der Waals surface area contributed by atoms with Crippen molar-refractivity contribution in [2.45, 2.75) is 31.3 Å². The summed E-state index contributed by atoms with van der Waals surface area (Å²) < 4.78 is 5.91. The number of carbonyl (C=O) groups excluding carboxylic acids is 1. The number of fused-ring (bicyclic) bond motifs is 3. The molecule has 1 atom stereocenters. The molecule has 0 aliphatic heterocycles. The van der Waals surface area contributed by atoms with Crippen LogP contribution in [0.1, 0.15) is 23.8 Å². The Balaban J connectivity index is 1.28. The first kappa shape index (κ1) is 24.0. The molecule has 2 aromatic carbocycles. The molecule has 0 saturated heterocycles. The van der Waals surface area contributed by atoms with Gasteiger partial charge in [0.15, 0.2) is 5.16 Å². The number of para-hydroxylation sites is 1. The highest BCUT2D eigenvalue weighted by Gasteiger charge is 2.25. The van der Waals surface area contributed by atoms with Gasteiger partial charge in [0.1, 0.15) is 9.84 Å². The molecular weight excluding hydrogens is 523 g/mol. The topological polar surface area (TPSA) is 89.8 Å². The molecule has 1 N–H and O–H groups in total. The number of aromatic nitrogens is 4. The van der Waals surface area contributed by atoms with Crippen molar-refractivity contribution in [3.8, 4) is 16.3 Å². The van der Waals surface area contributed by atoms with Crippen molar-refractivity contribution in [1.29, 1.82) is 0 Å². The summed E-state index contributed by atoms with van der Waals surface area (Å²) in [7, 11) is 0. The van der Waals surface area contributed by atoms with Gasteiger partial charge in [-0.15, -0.1) is 11.3 Å². The number of nitrogens with zero attached hydrogens (tertiary/aromatic N) is 4. The van der Waals surface area contributed by atoms with Crippen molar-refractivity contribution in [1.82, 2.24) is 18.9 Å². The van der Waals surface area contributed by atoms with Crippen LogP contribution >= 0.6 is 34.6 Å². The van der Waals surface area contributed by atoms with Gasteiger partial charge in [0.2, 0.25) is 11.9 Å². The smallest absolute Gasteiger partial charge is 0.267 e. The van der Waals surface area contributed by atoms with Crippen LogP contribution in [0.4, 0.5) is 5.95 Å². The fourth-order valence-electron chi connectivity index (χ4n) is 4.54. The summed E-state index contributed by atoms with van der Waals surface area (Å²) in [5.41, 5.74) is 2.77. The maximum Gasteiger partial charge on any atom is 0.267 e. The molecule has 0 unspecified atom stereocenters. The lowest BCUT2D eigenvalue weighted by molar-refractivity contribution is -0.113. The predicted molar refractivity (Wildman–Crippen MR) is 151 cm³/mol. The molecule has 0 radical (unpaired) electrons. The maximum absolute atomic E-state index is 13.8. The van der Waals surface area contributed by atoms with Crippen LogP contribution in [0.2, 0.25) is 0 Å². The molecule has 10 heteroatoms. The van der Waals surface area contributed by atoms with E-state index in [4.69, 9.17) is 4.98 Å². The zero-order chi connectivity index (χ0) is 25.4. The molecule has 1 aliphatic carbocycles. The monoisotopic (exact) mass is 545 g/mol. The summed E-state index contributed by atoms with van der Waals surface area (Å²) in [5, 5.41) is 4.74. The number of benzene rings is 2. The third-order valence-electron chi connectivity index (χ3n) is 6.34. The van der Waals surface area contributed by atoms with E-state index in [0.29, 0.717) is 11.1 Å². The Hall–Kier alpha value is -3.34. The molecule has 0 bridgehead atoms. The number of thiophene rings is 1. The molecule has 7 nitrogen and oxygen atoms in total. The highest BCUT2D eigenvalue weighted by molar-refractivity contribution is 7.99. The minimum absolute atomic E-state index is 0.0696. The molecule has 0 spiro atoms. The predicted octanol–water partition coefficient (Wildman–Crippen LogP) is 5.82. The van der Waals surface area contributed by atoms with E-state index >= 15 is 0 Å². The Bertz CT molecular complexity index is 1640. The molecule has 5 aromatic rings. The van der Waals surface area contributed by atoms with Crippen LogP contribution in [0.5, 0.6) is 0 Å². The van der Waals surface area contributed by atoms with Gasteiger partial charge in [0, 0.05) is 10.4 Å². The number of anilines is 1. The van der Waals surface area contributed by atoms with Crippen LogP contribution in [-0.2, 0) is 17.6 Å². The first-order valence-electron chi connectivity index (χ1n) is 12.0. The van der Waals surface area contributed by atoms with Crippen LogP contribution in [0, 0.1) is 5.92 Å². The molecule has 3 aromatic heterocycles. The van der Waals surface area contributed by atoms with E-state index in [1.54, 1.807) is 15.9 Å². The van der Waals surface area contributed by atoms with Crippen molar-refractivity contribution in [2.75, 3.05) is 11.1 Å². The van der Waals surface area contributed by atoms with Crippen LogP contribution in [0.25, 0.3) is 26.5 Å². The maximum atomic E-state index is 13.8. The Kier molecular flexibility index (Phi) is 6.62. The zero-order valence-electron chi connectivity index (χ0n) is 20.0. The second kappa shape index (κ2) is 10.2. The molecule has 37 heavy (non-hydrogen) atoms. The first-order chi connectivity index (χ1) is 18.1. The Morgan fingerprint density at radius 1 is 1.11 bits per heavy atom. The summed E-state index contributed by atoms with van der Waals surface area (Å²) in [6.45, 7) is 2.25. The number of rotatable bonds is 6. The van der Waals surface area contributed by atoms with Crippen molar-refractivity contribution in [2.24, 2.45) is 5.92 Å². The van der Waals surface area contributed by atoms with Gasteiger partial charge < -0.3 is 0 Å². The number of thioether (sulfide) groups is 1. The Labute approximate surface area is 225 Å². The summed E-state index contributed by atoms with van der Waals surface area (Å²) in [6.07, 6.45) is 2.97. The SMILES string of the molecule is C[C@H]1CCc2c(sc3nc(SCC(=O)Nc4nsc(-c5ccccc5)n4)n(-c4ccccc4)c(=O)c23)C1. The van der Waals surface area contributed by atoms with E-state index in [9.17, 15) is 9.59 Å². The lowest BCUT2D eigenvalue weighted by Crippen LogP contribution is -2.23. The Morgan fingerprint density at radius 2 is 1.86 bits per heavy atom. The lowest BCUT2D eigenvalue weighted by atomic mass is 9.89. The van der Waals surface area contributed by atoms with Crippen LogP contribution in [0.15, 0.2) is 70.6 Å². The summed E-state index contributed by atoms with van der Waals surface area (Å²) in [5.74, 6) is 0.706. The van der Waals surface area contributed by atoms with Gasteiger partial charge in [-0.25, -0.2) is 4.98 Å². The second-order valence-corrected chi connectivity index (χ2v) is 11.8. The summed E-state index contributed by atoms with van der Waals surface area (Å²) in [6, 6.07) is 19.2. The number of nitrogens with one attached hydrogen (secondary N) is 1. The molecule has 1 aliphatic rings. The molecule has 3 heterocycles. The summed E-state index contributed by atoms with van der Waals surface area (Å²) >= 11 is 4.09. The van der Waals surface area contributed by atoms with Gasteiger partial charge in [-0.2, -0.15) is 9.36 Å². The van der Waals surface area contributed by atoms with E-state index in [1.807, 2.05) is 60.7 Å². The van der Waals surface area contributed by atoms with Gasteiger partial charge in [0.05, 0.1) is 16.8 Å². The van der Waals surface area contributed by atoms with Crippen LogP contribution < -0.4 is 10.9 Å². The second-order valence-electron chi connectivity index (χ2n) is 9.03. The highest BCUT2D eigenvalue weighted by atomic mass is 32.2. The Morgan fingerprint density at radius 3 is 2.65 bits per heavy atom. The third-order valence-corrected chi connectivity index (χ3v) is 9.19. The molecule has 1 amide bonds. The zero-order valence-corrected chi connectivity index (χ0v) is 22.5. The first-order valence-corrected chi connectivity index (χ1v) is 14.6. The third kappa shape index (κ3) is 4.84. The van der Waals surface area contributed by atoms with Crippen LogP contribution in [-0.4, -0.2) is 30.6 Å². The van der Waals surface area contributed by atoms with Crippen molar-refractivity contribution in [3.63, 3.8) is 0 Å². The van der Waals surface area contributed by atoms with E-state index in [0.717, 1.165) is 51.3 Å². The number of aryl methyl sites for hydroxylation is 1. The average molecular weight is 546 g/mol. The van der Waals surface area contributed by atoms with Gasteiger partial charge in [-0.05, 0) is 54.4 Å². The van der Waals surface area contributed by atoms with Gasteiger partial charge in [0.25, 0.3) is 5.56 Å². The van der Waals surface area contributed by atoms with E-state index in [2.05, 4.69) is 21.6 Å². The minimum atomic E-state index is -0.254. The molecule has 0 saturated carbocycles. The standard InChI is InChI=1S/C27H23N5O2S3/c1-16-12-13-19-20(14-16)36-24-22(19)25(34)32(18-10-6-3-7-11-18)27(30-24)35-15-21(33)28-26-29-23(37-31-26)17-8-4-2-5-9-17/h2-11,16H,12-15H2,1H3,(H,28,31,33)/t16-/m0/s1. The quantitative estimate of drug-likeness (QED) is 0.214. The van der Waals surface area contributed by atoms with E-state index < -0.39 is 0 Å². The number of hydrogen-bond acceptors (Lipinski definition) is 8. The summed E-state index contributed by atoms with van der Waals surface area (Å²) in [4.78, 5) is 38.0. The lowest BCUT2D eigenvalue weighted by Gasteiger charge is -2.17. The van der Waals surface area contributed by atoms with Crippen LogP contribution in [0.3, 0.4) is 0 Å². The molecular formula is C27H23N5O2S3. The highest BCUT2D eigenvalue weighted by Crippen LogP contribution is 2.37. The molecule has 0 fully saturated rings. The largest absolute Gasteiger partial charge is 0.293 e. The average Bonchev–Trinajstić information content (AvgIpc) is 3.52. The van der Waals surface area contributed by atoms with Gasteiger partial charge in [-0.1, -0.05) is 67.2 Å². The normalized spacial score (nSPS) is 15.0. The number of carbonyl (C=O) groups is 1. The van der Waals surface area contributed by atoms with Gasteiger partial charge >= 0.3 is 0 Å².